The van der Waals surface area contributed by atoms with Crippen LogP contribution in [0.3, 0.4) is 0 Å². The third-order valence-corrected chi connectivity index (χ3v) is 4.75. The van der Waals surface area contributed by atoms with Crippen LogP contribution in [0.1, 0.15) is 5.56 Å². The van der Waals surface area contributed by atoms with Crippen LogP contribution in [-0.4, -0.2) is 24.3 Å². The molecule has 122 valence electrons. The first-order valence-electron chi connectivity index (χ1n) is 7.04. The van der Waals surface area contributed by atoms with E-state index in [1.54, 1.807) is 4.90 Å². The van der Waals surface area contributed by atoms with Crippen molar-refractivity contribution in [2.24, 2.45) is 5.73 Å². The Kier molecular flexibility index (Phi) is 4.27. The number of aliphatic hydroxyl groups is 1. The van der Waals surface area contributed by atoms with Crippen molar-refractivity contribution in [2.75, 3.05) is 18.0 Å². The van der Waals surface area contributed by atoms with Gasteiger partial charge in [0.25, 0.3) is 0 Å². The van der Waals surface area contributed by atoms with Gasteiger partial charge in [-0.15, -0.1) is 0 Å². The fourth-order valence-corrected chi connectivity index (χ4v) is 3.56. The summed E-state index contributed by atoms with van der Waals surface area (Å²) in [7, 11) is 0. The number of halogens is 3. The van der Waals surface area contributed by atoms with Crippen LogP contribution in [0.2, 0.25) is 0 Å². The Hall–Kier alpha value is -1.70. The lowest BCUT2D eigenvalue weighted by atomic mass is 10.1. The molecule has 1 aliphatic heterocycles. The van der Waals surface area contributed by atoms with Crippen molar-refractivity contribution < 1.29 is 18.3 Å². The summed E-state index contributed by atoms with van der Waals surface area (Å²) in [6, 6.07) is 11.1. The van der Waals surface area contributed by atoms with Crippen LogP contribution in [-0.2, 0) is 6.18 Å². The van der Waals surface area contributed by atoms with E-state index in [4.69, 9.17) is 5.73 Å². The second-order valence-corrected chi connectivity index (χ2v) is 6.33. The molecule has 0 radical (unpaired) electrons. The Bertz CT molecular complexity index is 721. The van der Waals surface area contributed by atoms with Gasteiger partial charge in [-0.25, -0.2) is 0 Å². The van der Waals surface area contributed by atoms with Gasteiger partial charge in [0.05, 0.1) is 29.6 Å². The predicted molar refractivity (Wildman–Crippen MR) is 84.1 cm³/mol. The van der Waals surface area contributed by atoms with Gasteiger partial charge in [0, 0.05) is 16.3 Å². The van der Waals surface area contributed by atoms with Gasteiger partial charge < -0.3 is 15.7 Å². The number of para-hydroxylation sites is 1. The lowest BCUT2D eigenvalue weighted by Crippen LogP contribution is -2.35. The maximum atomic E-state index is 13.0. The van der Waals surface area contributed by atoms with Crippen LogP contribution in [0.5, 0.6) is 0 Å². The highest BCUT2D eigenvalue weighted by Gasteiger charge is 2.33. The Morgan fingerprint density at radius 2 is 1.78 bits per heavy atom. The van der Waals surface area contributed by atoms with Crippen LogP contribution in [0.25, 0.3) is 0 Å². The van der Waals surface area contributed by atoms with E-state index >= 15 is 0 Å². The quantitative estimate of drug-likeness (QED) is 0.896. The second kappa shape index (κ2) is 6.07. The van der Waals surface area contributed by atoms with Crippen LogP contribution in [0, 0.1) is 0 Å². The monoisotopic (exact) mass is 340 g/mol. The Morgan fingerprint density at radius 3 is 2.48 bits per heavy atom. The normalized spacial score (nSPS) is 15.1. The van der Waals surface area contributed by atoms with Gasteiger partial charge in [0.2, 0.25) is 0 Å². The van der Waals surface area contributed by atoms with Gasteiger partial charge in [0.15, 0.2) is 0 Å². The molecule has 2 aromatic carbocycles. The SMILES string of the molecule is NCC(O)CN1c2ccccc2Sc2ccc(C(F)(F)F)cc21. The number of hydrogen-bond acceptors (Lipinski definition) is 4. The minimum atomic E-state index is -4.41. The molecular formula is C16H15F3N2OS. The number of benzene rings is 2. The summed E-state index contributed by atoms with van der Waals surface area (Å²) in [5.41, 5.74) is 5.98. The second-order valence-electron chi connectivity index (χ2n) is 5.25. The number of hydrogen-bond donors (Lipinski definition) is 2. The zero-order valence-corrected chi connectivity index (χ0v) is 12.9. The molecule has 0 amide bonds. The molecule has 3 N–H and O–H groups in total. The summed E-state index contributed by atoms with van der Waals surface area (Å²) >= 11 is 1.42. The zero-order chi connectivity index (χ0) is 16.6. The fraction of sp³-hybridized carbons (Fsp3) is 0.250. The maximum Gasteiger partial charge on any atom is 0.416 e. The summed E-state index contributed by atoms with van der Waals surface area (Å²) < 4.78 is 39.0. The predicted octanol–water partition coefficient (Wildman–Crippen LogP) is 3.63. The summed E-state index contributed by atoms with van der Waals surface area (Å²) in [6.07, 6.45) is -5.23. The summed E-state index contributed by atoms with van der Waals surface area (Å²) in [5.74, 6) is 0. The molecule has 23 heavy (non-hydrogen) atoms. The molecule has 7 heteroatoms. The van der Waals surface area contributed by atoms with Crippen LogP contribution < -0.4 is 10.6 Å². The van der Waals surface area contributed by atoms with E-state index in [0.29, 0.717) is 5.69 Å². The molecule has 1 atom stereocenters. The fourth-order valence-electron chi connectivity index (χ4n) is 2.49. The molecule has 1 heterocycles. The van der Waals surface area contributed by atoms with Crippen LogP contribution in [0.4, 0.5) is 24.5 Å². The summed E-state index contributed by atoms with van der Waals surface area (Å²) in [6.45, 7) is 0.183. The van der Waals surface area contributed by atoms with Gasteiger partial charge in [-0.05, 0) is 30.3 Å². The number of fused-ring (bicyclic) bond motifs is 2. The van der Waals surface area contributed by atoms with E-state index in [1.165, 1.54) is 17.8 Å². The average molecular weight is 340 g/mol. The first kappa shape index (κ1) is 16.2. The first-order valence-corrected chi connectivity index (χ1v) is 7.85. The topological polar surface area (TPSA) is 49.5 Å². The lowest BCUT2D eigenvalue weighted by Gasteiger charge is -2.34. The van der Waals surface area contributed by atoms with Gasteiger partial charge in [-0.2, -0.15) is 13.2 Å². The number of alkyl halides is 3. The average Bonchev–Trinajstić information content (AvgIpc) is 2.53. The standard InChI is InChI=1S/C16H15F3N2OS/c17-16(18,19)10-5-6-15-13(7-10)21(9-11(22)8-20)12-3-1-2-4-14(12)23-15/h1-7,11,22H,8-9,20H2. The highest BCUT2D eigenvalue weighted by molar-refractivity contribution is 7.99. The van der Waals surface area contributed by atoms with Crippen molar-refractivity contribution in [3.8, 4) is 0 Å². The largest absolute Gasteiger partial charge is 0.416 e. The number of nitrogens with two attached hydrogens (primary N) is 1. The van der Waals surface area contributed by atoms with Crippen LogP contribution in [0.15, 0.2) is 52.3 Å². The molecule has 0 aromatic heterocycles. The molecule has 0 bridgehead atoms. The maximum absolute atomic E-state index is 13.0. The molecule has 0 saturated carbocycles. The van der Waals surface area contributed by atoms with Crippen LogP contribution >= 0.6 is 11.8 Å². The highest BCUT2D eigenvalue weighted by Crippen LogP contribution is 2.49. The molecule has 1 unspecified atom stereocenters. The number of aliphatic hydroxyl groups excluding tert-OH is 1. The number of β-amino-alcohol motifs (C(OH)–C–C–N with tert-alkyl or cyclic N) is 1. The molecule has 0 spiro atoms. The van der Waals surface area contributed by atoms with Crippen molar-refractivity contribution in [1.29, 1.82) is 0 Å². The van der Waals surface area contributed by atoms with Crippen molar-refractivity contribution in [2.45, 2.75) is 22.1 Å². The van der Waals surface area contributed by atoms with Gasteiger partial charge in [-0.3, -0.25) is 0 Å². The smallest absolute Gasteiger partial charge is 0.390 e. The molecule has 2 aromatic rings. The molecule has 0 fully saturated rings. The van der Waals surface area contributed by atoms with Crippen molar-refractivity contribution in [3.63, 3.8) is 0 Å². The van der Waals surface area contributed by atoms with E-state index in [0.717, 1.165) is 27.6 Å². The number of anilines is 2. The van der Waals surface area contributed by atoms with Gasteiger partial charge >= 0.3 is 6.18 Å². The van der Waals surface area contributed by atoms with E-state index in [1.807, 2.05) is 24.3 Å². The molecular weight excluding hydrogens is 325 g/mol. The van der Waals surface area contributed by atoms with Gasteiger partial charge in [-0.1, -0.05) is 23.9 Å². The number of nitrogens with zero attached hydrogens (tertiary/aromatic N) is 1. The molecule has 0 aliphatic carbocycles. The van der Waals surface area contributed by atoms with E-state index in [2.05, 4.69) is 0 Å². The highest BCUT2D eigenvalue weighted by atomic mass is 32.2. The van der Waals surface area contributed by atoms with Gasteiger partial charge in [0.1, 0.15) is 0 Å². The van der Waals surface area contributed by atoms with E-state index in [9.17, 15) is 18.3 Å². The van der Waals surface area contributed by atoms with E-state index in [-0.39, 0.29) is 13.1 Å². The Labute approximate surface area is 135 Å². The van der Waals surface area contributed by atoms with Crippen molar-refractivity contribution in [1.82, 2.24) is 0 Å². The van der Waals surface area contributed by atoms with Crippen molar-refractivity contribution in [3.05, 3.63) is 48.0 Å². The minimum Gasteiger partial charge on any atom is -0.390 e. The summed E-state index contributed by atoms with van der Waals surface area (Å²) in [4.78, 5) is 3.36. The Balaban J connectivity index is 2.10. The minimum absolute atomic E-state index is 0.0418. The molecule has 3 nitrogen and oxygen atoms in total. The number of rotatable bonds is 3. The zero-order valence-electron chi connectivity index (χ0n) is 12.0. The lowest BCUT2D eigenvalue weighted by molar-refractivity contribution is -0.137. The molecule has 3 rings (SSSR count). The van der Waals surface area contributed by atoms with E-state index < -0.39 is 17.8 Å². The molecule has 1 aliphatic rings. The third kappa shape index (κ3) is 3.17. The Morgan fingerprint density at radius 1 is 1.09 bits per heavy atom. The first-order chi connectivity index (χ1) is 10.9. The third-order valence-electron chi connectivity index (χ3n) is 3.62. The van der Waals surface area contributed by atoms with Crippen molar-refractivity contribution >= 4 is 23.1 Å². The molecule has 0 saturated heterocycles. The summed E-state index contributed by atoms with van der Waals surface area (Å²) in [5, 5.41) is 9.89.